The van der Waals surface area contributed by atoms with E-state index in [1.807, 2.05) is 35.5 Å². The van der Waals surface area contributed by atoms with E-state index in [2.05, 4.69) is 5.10 Å². The molecule has 1 aliphatic rings. The predicted molar refractivity (Wildman–Crippen MR) is 85.6 cm³/mol. The molecule has 1 N–H and O–H groups in total. The van der Waals surface area contributed by atoms with Gasteiger partial charge < -0.3 is 4.55 Å². The standard InChI is InChI=1S/C16H15FN2O2S/c17-14-5-7-15(8-6-14)19-16(9-10-18-19)13-3-1-12(2-4-13)11-22(20)21/h1-8,10,16H,9,11H2,(H,20,21). The van der Waals surface area contributed by atoms with Gasteiger partial charge in [0.2, 0.25) is 0 Å². The van der Waals surface area contributed by atoms with Crippen molar-refractivity contribution in [2.45, 2.75) is 18.2 Å². The van der Waals surface area contributed by atoms with E-state index in [-0.39, 0.29) is 17.6 Å². The second kappa shape index (κ2) is 6.37. The lowest BCUT2D eigenvalue weighted by atomic mass is 10.0. The van der Waals surface area contributed by atoms with Crippen LogP contribution in [0, 0.1) is 5.82 Å². The molecule has 0 saturated heterocycles. The fraction of sp³-hybridized carbons (Fsp3) is 0.188. The molecule has 2 atom stereocenters. The molecule has 0 saturated carbocycles. The van der Waals surface area contributed by atoms with Gasteiger partial charge in [-0.2, -0.15) is 5.10 Å². The highest BCUT2D eigenvalue weighted by Gasteiger charge is 2.24. The largest absolute Gasteiger partial charge is 0.306 e. The summed E-state index contributed by atoms with van der Waals surface area (Å²) in [6.45, 7) is 0. The smallest absolute Gasteiger partial charge is 0.157 e. The third kappa shape index (κ3) is 3.23. The van der Waals surface area contributed by atoms with Crippen LogP contribution in [0.2, 0.25) is 0 Å². The highest BCUT2D eigenvalue weighted by atomic mass is 32.2. The van der Waals surface area contributed by atoms with Crippen molar-refractivity contribution >= 4 is 23.0 Å². The quantitative estimate of drug-likeness (QED) is 0.878. The van der Waals surface area contributed by atoms with Crippen LogP contribution in [0.1, 0.15) is 23.6 Å². The molecule has 4 nitrogen and oxygen atoms in total. The lowest BCUT2D eigenvalue weighted by Gasteiger charge is -2.24. The Kier molecular flexibility index (Phi) is 4.31. The zero-order valence-electron chi connectivity index (χ0n) is 11.7. The summed E-state index contributed by atoms with van der Waals surface area (Å²) in [6, 6.07) is 13.9. The van der Waals surface area contributed by atoms with Gasteiger partial charge >= 0.3 is 0 Å². The molecule has 114 valence electrons. The van der Waals surface area contributed by atoms with Crippen molar-refractivity contribution < 1.29 is 13.2 Å². The Bertz CT molecular complexity index is 701. The van der Waals surface area contributed by atoms with Gasteiger partial charge in [0, 0.05) is 12.6 Å². The van der Waals surface area contributed by atoms with Crippen molar-refractivity contribution in [2.75, 3.05) is 5.01 Å². The Labute approximate surface area is 130 Å². The average Bonchev–Trinajstić information content (AvgIpc) is 2.97. The molecule has 6 heteroatoms. The molecule has 0 bridgehead atoms. The van der Waals surface area contributed by atoms with Crippen LogP contribution in [-0.2, 0) is 16.8 Å². The van der Waals surface area contributed by atoms with E-state index < -0.39 is 11.1 Å². The lowest BCUT2D eigenvalue weighted by Crippen LogP contribution is -2.18. The molecule has 0 aliphatic carbocycles. The third-order valence-corrected chi connectivity index (χ3v) is 4.16. The Morgan fingerprint density at radius 3 is 2.50 bits per heavy atom. The number of halogens is 1. The van der Waals surface area contributed by atoms with Crippen molar-refractivity contribution in [3.63, 3.8) is 0 Å². The zero-order chi connectivity index (χ0) is 15.5. The second-order valence-corrected chi connectivity index (χ2v) is 6.01. The molecule has 0 amide bonds. The first kappa shape index (κ1) is 14.9. The summed E-state index contributed by atoms with van der Waals surface area (Å²) in [5.41, 5.74) is 2.71. The van der Waals surface area contributed by atoms with E-state index in [4.69, 9.17) is 4.55 Å². The molecular weight excluding hydrogens is 303 g/mol. The lowest BCUT2D eigenvalue weighted by molar-refractivity contribution is 0.563. The normalized spacial score (nSPS) is 18.6. The second-order valence-electron chi connectivity index (χ2n) is 5.08. The first-order valence-electron chi connectivity index (χ1n) is 6.87. The van der Waals surface area contributed by atoms with Crippen LogP contribution in [0.5, 0.6) is 0 Å². The van der Waals surface area contributed by atoms with E-state index in [0.717, 1.165) is 23.2 Å². The maximum Gasteiger partial charge on any atom is 0.157 e. The summed E-state index contributed by atoms with van der Waals surface area (Å²) in [5.74, 6) is -0.145. The van der Waals surface area contributed by atoms with Crippen LogP contribution in [0.15, 0.2) is 53.6 Å². The summed E-state index contributed by atoms with van der Waals surface area (Å²) in [4.78, 5) is 0. The van der Waals surface area contributed by atoms with Crippen LogP contribution in [-0.4, -0.2) is 15.0 Å². The van der Waals surface area contributed by atoms with Crippen molar-refractivity contribution in [3.05, 3.63) is 65.5 Å². The summed E-state index contributed by atoms with van der Waals surface area (Å²) < 4.78 is 32.8. The maximum atomic E-state index is 13.0. The predicted octanol–water partition coefficient (Wildman–Crippen LogP) is 3.48. The van der Waals surface area contributed by atoms with Crippen molar-refractivity contribution in [1.82, 2.24) is 0 Å². The maximum absolute atomic E-state index is 13.0. The van der Waals surface area contributed by atoms with E-state index >= 15 is 0 Å². The van der Waals surface area contributed by atoms with Gasteiger partial charge in [-0.25, -0.2) is 8.60 Å². The number of hydrogen-bond donors (Lipinski definition) is 1. The molecule has 2 aromatic carbocycles. The van der Waals surface area contributed by atoms with Crippen LogP contribution in [0.25, 0.3) is 0 Å². The van der Waals surface area contributed by atoms with E-state index in [9.17, 15) is 8.60 Å². The van der Waals surface area contributed by atoms with Crippen LogP contribution >= 0.6 is 0 Å². The van der Waals surface area contributed by atoms with Crippen LogP contribution in [0.3, 0.4) is 0 Å². The van der Waals surface area contributed by atoms with Crippen molar-refractivity contribution in [1.29, 1.82) is 0 Å². The van der Waals surface area contributed by atoms with Gasteiger partial charge in [0.15, 0.2) is 11.1 Å². The molecule has 22 heavy (non-hydrogen) atoms. The highest BCUT2D eigenvalue weighted by Crippen LogP contribution is 2.33. The van der Waals surface area contributed by atoms with Gasteiger partial charge in [-0.1, -0.05) is 24.3 Å². The molecule has 0 aromatic heterocycles. The molecule has 0 spiro atoms. The SMILES string of the molecule is O=S(O)Cc1ccc(C2CC=NN2c2ccc(F)cc2)cc1. The minimum atomic E-state index is -1.83. The molecule has 1 heterocycles. The summed E-state index contributed by atoms with van der Waals surface area (Å²) in [7, 11) is 0. The van der Waals surface area contributed by atoms with Gasteiger partial charge in [-0.3, -0.25) is 5.01 Å². The number of nitrogens with zero attached hydrogens (tertiary/aromatic N) is 2. The van der Waals surface area contributed by atoms with Crippen LogP contribution in [0.4, 0.5) is 10.1 Å². The first-order valence-corrected chi connectivity index (χ1v) is 8.14. The van der Waals surface area contributed by atoms with Gasteiger partial charge in [-0.05, 0) is 35.4 Å². The molecular formula is C16H15FN2O2S. The molecule has 0 radical (unpaired) electrons. The minimum Gasteiger partial charge on any atom is -0.306 e. The number of anilines is 1. The summed E-state index contributed by atoms with van der Waals surface area (Å²) in [6.07, 6.45) is 2.60. The number of rotatable bonds is 4. The Morgan fingerprint density at radius 1 is 1.18 bits per heavy atom. The zero-order valence-corrected chi connectivity index (χ0v) is 12.5. The molecule has 1 aliphatic heterocycles. The molecule has 0 fully saturated rings. The van der Waals surface area contributed by atoms with E-state index in [0.29, 0.717) is 0 Å². The van der Waals surface area contributed by atoms with Gasteiger partial charge in [0.25, 0.3) is 0 Å². The van der Waals surface area contributed by atoms with E-state index in [1.165, 1.54) is 12.1 Å². The number of hydrogen-bond acceptors (Lipinski definition) is 3. The first-order chi connectivity index (χ1) is 10.6. The van der Waals surface area contributed by atoms with Crippen LogP contribution < -0.4 is 5.01 Å². The summed E-state index contributed by atoms with van der Waals surface area (Å²) >= 11 is -1.83. The fourth-order valence-corrected chi connectivity index (χ4v) is 2.99. The Hall–Kier alpha value is -2.05. The van der Waals surface area contributed by atoms with Crippen molar-refractivity contribution in [3.8, 4) is 0 Å². The topological polar surface area (TPSA) is 52.9 Å². The number of hydrazone groups is 1. The Morgan fingerprint density at radius 2 is 1.86 bits per heavy atom. The molecule has 3 rings (SSSR count). The van der Waals surface area contributed by atoms with Crippen molar-refractivity contribution in [2.24, 2.45) is 5.10 Å². The van der Waals surface area contributed by atoms with E-state index in [1.54, 1.807) is 12.1 Å². The third-order valence-electron chi connectivity index (χ3n) is 3.58. The fourth-order valence-electron chi connectivity index (χ4n) is 2.51. The van der Waals surface area contributed by atoms with Gasteiger partial charge in [0.1, 0.15) is 5.82 Å². The molecule has 2 unspecified atom stereocenters. The number of benzene rings is 2. The van der Waals surface area contributed by atoms with Gasteiger partial charge in [-0.15, -0.1) is 0 Å². The summed E-state index contributed by atoms with van der Waals surface area (Å²) in [5, 5.41) is 6.22. The minimum absolute atomic E-state index is 0.0548. The Balaban J connectivity index is 1.81. The average molecular weight is 318 g/mol. The highest BCUT2D eigenvalue weighted by molar-refractivity contribution is 7.78. The molecule has 2 aromatic rings. The monoisotopic (exact) mass is 318 g/mol. The van der Waals surface area contributed by atoms with Gasteiger partial charge in [0.05, 0.1) is 17.5 Å².